The number of benzene rings is 1. The lowest BCUT2D eigenvalue weighted by Crippen LogP contribution is -2.37. The SMILES string of the molecule is CCNc1nc(-c2ccc(NC(=O)NCc3ccc(F)nc3)cc2)ccc1C(=O)NCCN1CCCCC1. The zero-order valence-electron chi connectivity index (χ0n) is 21.6. The second-order valence-corrected chi connectivity index (χ2v) is 9.16. The molecule has 3 aromatic rings. The fraction of sp³-hybridized carbons (Fsp3) is 0.357. The summed E-state index contributed by atoms with van der Waals surface area (Å²) in [5.74, 6) is -0.164. The molecule has 4 rings (SSSR count). The molecular weight excluding hydrogens is 485 g/mol. The van der Waals surface area contributed by atoms with Gasteiger partial charge in [-0.1, -0.05) is 24.6 Å². The van der Waals surface area contributed by atoms with Gasteiger partial charge in [0.2, 0.25) is 5.95 Å². The molecule has 9 nitrogen and oxygen atoms in total. The van der Waals surface area contributed by atoms with Crippen LogP contribution in [-0.4, -0.2) is 59.5 Å². The second-order valence-electron chi connectivity index (χ2n) is 9.16. The minimum absolute atomic E-state index is 0.140. The van der Waals surface area contributed by atoms with Crippen LogP contribution in [0.1, 0.15) is 42.1 Å². The highest BCUT2D eigenvalue weighted by atomic mass is 19.1. The maximum absolute atomic E-state index is 12.9. The van der Waals surface area contributed by atoms with Gasteiger partial charge in [0.15, 0.2) is 0 Å². The molecule has 0 atom stereocenters. The predicted octanol–water partition coefficient (Wildman–Crippen LogP) is 4.25. The number of piperidine rings is 1. The Hall–Kier alpha value is -4.05. The molecule has 0 aliphatic carbocycles. The van der Waals surface area contributed by atoms with Crippen molar-refractivity contribution in [1.82, 2.24) is 25.5 Å². The van der Waals surface area contributed by atoms with Crippen molar-refractivity contribution >= 4 is 23.4 Å². The molecule has 0 unspecified atom stereocenters. The molecule has 3 heterocycles. The number of likely N-dealkylation sites (tertiary alicyclic amines) is 1. The van der Waals surface area contributed by atoms with Crippen molar-refractivity contribution < 1.29 is 14.0 Å². The van der Waals surface area contributed by atoms with Crippen molar-refractivity contribution in [3.8, 4) is 11.3 Å². The highest BCUT2D eigenvalue weighted by molar-refractivity contribution is 5.99. The summed E-state index contributed by atoms with van der Waals surface area (Å²) in [6.45, 7) is 6.49. The maximum Gasteiger partial charge on any atom is 0.319 e. The van der Waals surface area contributed by atoms with Crippen molar-refractivity contribution in [3.05, 3.63) is 71.8 Å². The first-order chi connectivity index (χ1) is 18.5. The van der Waals surface area contributed by atoms with E-state index < -0.39 is 5.95 Å². The summed E-state index contributed by atoms with van der Waals surface area (Å²) in [5, 5.41) is 11.7. The average Bonchev–Trinajstić information content (AvgIpc) is 2.94. The molecule has 38 heavy (non-hydrogen) atoms. The standard InChI is InChI=1S/C28H34FN7O2/c1-2-30-26-23(27(37)31-14-17-36-15-4-3-5-16-36)11-12-24(35-26)21-7-9-22(10-8-21)34-28(38)33-19-20-6-13-25(29)32-18-20/h6-13,18H,2-5,14-17,19H2,1H3,(H,30,35)(H,31,37)(H2,33,34,38). The fourth-order valence-electron chi connectivity index (χ4n) is 4.30. The van der Waals surface area contributed by atoms with E-state index in [1.807, 2.05) is 25.1 Å². The Balaban J connectivity index is 1.33. The zero-order chi connectivity index (χ0) is 26.7. The highest BCUT2D eigenvalue weighted by Gasteiger charge is 2.15. The second kappa shape index (κ2) is 13.5. The van der Waals surface area contributed by atoms with Gasteiger partial charge in [0.05, 0.1) is 11.3 Å². The Morgan fingerprint density at radius 3 is 2.47 bits per heavy atom. The number of hydrogen-bond donors (Lipinski definition) is 4. The molecule has 1 aromatic carbocycles. The van der Waals surface area contributed by atoms with Gasteiger partial charge >= 0.3 is 6.03 Å². The summed E-state index contributed by atoms with van der Waals surface area (Å²) in [6.07, 6.45) is 5.12. The Morgan fingerprint density at radius 2 is 1.76 bits per heavy atom. The van der Waals surface area contributed by atoms with E-state index >= 15 is 0 Å². The van der Waals surface area contributed by atoms with Gasteiger partial charge in [0, 0.05) is 43.6 Å². The van der Waals surface area contributed by atoms with Crippen LogP contribution in [0.4, 0.5) is 20.7 Å². The lowest BCUT2D eigenvalue weighted by Gasteiger charge is -2.26. The van der Waals surface area contributed by atoms with Crippen LogP contribution in [0.5, 0.6) is 0 Å². The lowest BCUT2D eigenvalue weighted by molar-refractivity contribution is 0.0947. The zero-order valence-corrected chi connectivity index (χ0v) is 21.6. The number of amides is 3. The maximum atomic E-state index is 12.9. The van der Waals surface area contributed by atoms with E-state index in [2.05, 4.69) is 31.2 Å². The van der Waals surface area contributed by atoms with E-state index in [9.17, 15) is 14.0 Å². The van der Waals surface area contributed by atoms with Gasteiger partial charge in [-0.25, -0.2) is 14.8 Å². The van der Waals surface area contributed by atoms with E-state index in [0.29, 0.717) is 41.4 Å². The molecule has 4 N–H and O–H groups in total. The fourth-order valence-corrected chi connectivity index (χ4v) is 4.30. The summed E-state index contributed by atoms with van der Waals surface area (Å²) in [4.78, 5) is 35.7. The summed E-state index contributed by atoms with van der Waals surface area (Å²) in [5.41, 5.74) is 3.38. The third-order valence-electron chi connectivity index (χ3n) is 6.33. The van der Waals surface area contributed by atoms with Gasteiger partial charge in [-0.2, -0.15) is 4.39 Å². The lowest BCUT2D eigenvalue weighted by atomic mass is 10.1. The molecule has 0 radical (unpaired) electrons. The van der Waals surface area contributed by atoms with Gasteiger partial charge in [-0.05, 0) is 68.8 Å². The molecule has 200 valence electrons. The molecule has 1 fully saturated rings. The number of pyridine rings is 2. The Kier molecular flexibility index (Phi) is 9.58. The predicted molar refractivity (Wildman–Crippen MR) is 147 cm³/mol. The van der Waals surface area contributed by atoms with Gasteiger partial charge in [0.1, 0.15) is 5.82 Å². The van der Waals surface area contributed by atoms with E-state index in [1.54, 1.807) is 24.3 Å². The van der Waals surface area contributed by atoms with Crippen LogP contribution < -0.4 is 21.3 Å². The molecule has 1 aliphatic heterocycles. The Labute approximate surface area is 222 Å². The number of nitrogens with zero attached hydrogens (tertiary/aromatic N) is 3. The Bertz CT molecular complexity index is 1210. The third kappa shape index (κ3) is 7.72. The first-order valence-electron chi connectivity index (χ1n) is 13.0. The summed E-state index contributed by atoms with van der Waals surface area (Å²) >= 11 is 0. The molecule has 1 aliphatic rings. The van der Waals surface area contributed by atoms with Crippen molar-refractivity contribution in [2.24, 2.45) is 0 Å². The molecular formula is C28H34FN7O2. The first kappa shape index (κ1) is 27.0. The average molecular weight is 520 g/mol. The quantitative estimate of drug-likeness (QED) is 0.298. The number of carbonyl (C=O) groups excluding carboxylic acids is 2. The van der Waals surface area contributed by atoms with Crippen LogP contribution in [-0.2, 0) is 6.54 Å². The monoisotopic (exact) mass is 519 g/mol. The molecule has 1 saturated heterocycles. The van der Waals surface area contributed by atoms with Crippen LogP contribution in [0.2, 0.25) is 0 Å². The molecule has 3 amide bonds. The van der Waals surface area contributed by atoms with Crippen LogP contribution >= 0.6 is 0 Å². The molecule has 2 aromatic heterocycles. The third-order valence-corrected chi connectivity index (χ3v) is 6.33. The van der Waals surface area contributed by atoms with Crippen molar-refractivity contribution in [1.29, 1.82) is 0 Å². The summed E-state index contributed by atoms with van der Waals surface area (Å²) in [7, 11) is 0. The first-order valence-corrected chi connectivity index (χ1v) is 13.0. The normalized spacial score (nSPS) is 13.5. The highest BCUT2D eigenvalue weighted by Crippen LogP contribution is 2.24. The molecule has 10 heteroatoms. The number of nitrogens with one attached hydrogen (secondary N) is 4. The van der Waals surface area contributed by atoms with Gasteiger partial charge < -0.3 is 26.2 Å². The minimum atomic E-state index is -0.563. The number of urea groups is 1. The number of hydrogen-bond acceptors (Lipinski definition) is 6. The Morgan fingerprint density at radius 1 is 0.974 bits per heavy atom. The topological polar surface area (TPSA) is 111 Å². The van der Waals surface area contributed by atoms with Gasteiger partial charge in [-0.15, -0.1) is 0 Å². The van der Waals surface area contributed by atoms with E-state index in [0.717, 1.165) is 25.2 Å². The van der Waals surface area contributed by atoms with Gasteiger partial charge in [-0.3, -0.25) is 4.79 Å². The van der Waals surface area contributed by atoms with E-state index in [-0.39, 0.29) is 18.5 Å². The van der Waals surface area contributed by atoms with Crippen LogP contribution in [0.3, 0.4) is 0 Å². The number of aromatic nitrogens is 2. The molecule has 0 saturated carbocycles. The summed E-state index contributed by atoms with van der Waals surface area (Å²) < 4.78 is 12.9. The van der Waals surface area contributed by atoms with Crippen molar-refractivity contribution in [2.75, 3.05) is 43.4 Å². The number of rotatable bonds is 10. The van der Waals surface area contributed by atoms with Gasteiger partial charge in [0.25, 0.3) is 5.91 Å². The number of anilines is 2. The minimum Gasteiger partial charge on any atom is -0.370 e. The molecule has 0 spiro atoms. The number of halogens is 1. The van der Waals surface area contributed by atoms with Crippen molar-refractivity contribution in [2.45, 2.75) is 32.7 Å². The molecule has 0 bridgehead atoms. The van der Waals surface area contributed by atoms with Crippen molar-refractivity contribution in [3.63, 3.8) is 0 Å². The largest absolute Gasteiger partial charge is 0.370 e. The number of carbonyl (C=O) groups is 2. The van der Waals surface area contributed by atoms with E-state index in [1.165, 1.54) is 31.5 Å². The summed E-state index contributed by atoms with van der Waals surface area (Å²) in [6, 6.07) is 13.3. The smallest absolute Gasteiger partial charge is 0.319 e. The van der Waals surface area contributed by atoms with E-state index in [4.69, 9.17) is 4.98 Å². The van der Waals surface area contributed by atoms with Crippen LogP contribution in [0.25, 0.3) is 11.3 Å². The van der Waals surface area contributed by atoms with Crippen LogP contribution in [0, 0.1) is 5.95 Å². The van der Waals surface area contributed by atoms with Crippen LogP contribution in [0.15, 0.2) is 54.7 Å².